The molecule has 0 bridgehead atoms. The lowest BCUT2D eigenvalue weighted by atomic mass is 10.1. The first-order valence-electron chi connectivity index (χ1n) is 8.87. The molecule has 4 rings (SSSR count). The third kappa shape index (κ3) is 4.05. The fraction of sp³-hybridized carbons (Fsp3) is 0.300. The number of piperazine rings is 1. The number of methoxy groups -OCH3 is 1. The van der Waals surface area contributed by atoms with Gasteiger partial charge in [-0.2, -0.15) is 0 Å². The van der Waals surface area contributed by atoms with Gasteiger partial charge in [0.05, 0.1) is 29.8 Å². The van der Waals surface area contributed by atoms with Gasteiger partial charge in [0.2, 0.25) is 0 Å². The number of para-hydroxylation sites is 1. The summed E-state index contributed by atoms with van der Waals surface area (Å²) in [6, 6.07) is 11.6. The van der Waals surface area contributed by atoms with Crippen LogP contribution in [0.5, 0.6) is 5.75 Å². The van der Waals surface area contributed by atoms with Crippen LogP contribution in [0.1, 0.15) is 15.4 Å². The van der Waals surface area contributed by atoms with Crippen molar-refractivity contribution in [1.29, 1.82) is 0 Å². The van der Waals surface area contributed by atoms with E-state index in [0.717, 1.165) is 43.4 Å². The van der Waals surface area contributed by atoms with Crippen molar-refractivity contribution >= 4 is 28.6 Å². The highest BCUT2D eigenvalue weighted by atomic mass is 32.1. The lowest BCUT2D eigenvalue weighted by molar-refractivity contribution is 0.0625. The van der Waals surface area contributed by atoms with Gasteiger partial charge >= 0.3 is 0 Å². The van der Waals surface area contributed by atoms with E-state index in [1.54, 1.807) is 29.8 Å². The van der Waals surface area contributed by atoms with Gasteiger partial charge in [-0.25, -0.2) is 4.98 Å². The Kier molecular flexibility index (Phi) is 5.52. The molecule has 0 unspecified atom stereocenters. The van der Waals surface area contributed by atoms with Crippen molar-refractivity contribution < 1.29 is 9.53 Å². The van der Waals surface area contributed by atoms with Crippen molar-refractivity contribution in [1.82, 2.24) is 14.8 Å². The molecule has 1 amide bonds. The number of carbonyl (C=O) groups is 1. The Balaban J connectivity index is 1.34. The van der Waals surface area contributed by atoms with E-state index in [2.05, 4.69) is 27.8 Å². The summed E-state index contributed by atoms with van der Waals surface area (Å²) in [5.41, 5.74) is 1.70. The van der Waals surface area contributed by atoms with E-state index in [1.807, 2.05) is 29.2 Å². The smallest absolute Gasteiger partial charge is 0.257 e. The molecule has 0 radical (unpaired) electrons. The first kappa shape index (κ1) is 18.2. The zero-order chi connectivity index (χ0) is 18.6. The first-order valence-corrected chi connectivity index (χ1v) is 10.6. The van der Waals surface area contributed by atoms with Crippen molar-refractivity contribution in [2.75, 3.05) is 33.3 Å². The normalized spacial score (nSPS) is 15.1. The molecule has 1 aromatic carbocycles. The number of nitrogens with zero attached hydrogens (tertiary/aromatic N) is 3. The fourth-order valence-electron chi connectivity index (χ4n) is 3.21. The van der Waals surface area contributed by atoms with Crippen LogP contribution >= 0.6 is 22.7 Å². The molecule has 1 aliphatic heterocycles. The van der Waals surface area contributed by atoms with Gasteiger partial charge in [0.25, 0.3) is 5.91 Å². The molecule has 0 aliphatic carbocycles. The Morgan fingerprint density at radius 3 is 2.67 bits per heavy atom. The molecular formula is C20H21N3O2S2. The Bertz CT molecular complexity index is 900. The zero-order valence-electron chi connectivity index (χ0n) is 15.1. The fourth-order valence-corrected chi connectivity index (χ4v) is 4.81. The minimum atomic E-state index is 0.0429. The molecular weight excluding hydrogens is 378 g/mol. The second-order valence-corrected chi connectivity index (χ2v) is 8.26. The molecule has 0 spiro atoms. The largest absolute Gasteiger partial charge is 0.496 e. The van der Waals surface area contributed by atoms with Crippen LogP contribution in [0.2, 0.25) is 0 Å². The number of thiazole rings is 1. The van der Waals surface area contributed by atoms with Gasteiger partial charge in [-0.1, -0.05) is 18.2 Å². The summed E-state index contributed by atoms with van der Waals surface area (Å²) in [5.74, 6) is 0.676. The minimum Gasteiger partial charge on any atom is -0.496 e. The van der Waals surface area contributed by atoms with Crippen LogP contribution in [0.3, 0.4) is 0 Å². The molecule has 1 aliphatic rings. The summed E-state index contributed by atoms with van der Waals surface area (Å²) in [4.78, 5) is 23.0. The third-order valence-corrected chi connectivity index (χ3v) is 6.41. The number of rotatable bonds is 5. The maximum Gasteiger partial charge on any atom is 0.257 e. The highest BCUT2D eigenvalue weighted by molar-refractivity contribution is 7.14. The number of thiophene rings is 1. The van der Waals surface area contributed by atoms with Gasteiger partial charge in [-0.05, 0) is 23.6 Å². The van der Waals surface area contributed by atoms with Crippen molar-refractivity contribution in [3.63, 3.8) is 0 Å². The topological polar surface area (TPSA) is 45.7 Å². The lowest BCUT2D eigenvalue weighted by Gasteiger charge is -2.34. The van der Waals surface area contributed by atoms with Crippen LogP contribution in [0, 0.1) is 0 Å². The molecule has 140 valence electrons. The van der Waals surface area contributed by atoms with E-state index in [4.69, 9.17) is 9.72 Å². The molecule has 1 fully saturated rings. The number of carbonyl (C=O) groups excluding carboxylic acids is 1. The Morgan fingerprint density at radius 1 is 1.11 bits per heavy atom. The Hall–Kier alpha value is -2.22. The van der Waals surface area contributed by atoms with E-state index >= 15 is 0 Å². The van der Waals surface area contributed by atoms with Gasteiger partial charge in [-0.3, -0.25) is 9.69 Å². The molecule has 0 N–H and O–H groups in total. The summed E-state index contributed by atoms with van der Waals surface area (Å²) >= 11 is 3.42. The van der Waals surface area contributed by atoms with E-state index in [9.17, 15) is 4.79 Å². The van der Waals surface area contributed by atoms with Crippen LogP contribution in [-0.4, -0.2) is 54.0 Å². The zero-order valence-corrected chi connectivity index (χ0v) is 16.8. The van der Waals surface area contributed by atoms with E-state index < -0.39 is 0 Å². The van der Waals surface area contributed by atoms with Crippen molar-refractivity contribution in [3.8, 4) is 16.3 Å². The van der Waals surface area contributed by atoms with Gasteiger partial charge in [0.1, 0.15) is 10.8 Å². The van der Waals surface area contributed by atoms with Crippen LogP contribution in [0.25, 0.3) is 10.6 Å². The predicted molar refractivity (Wildman–Crippen MR) is 110 cm³/mol. The summed E-state index contributed by atoms with van der Waals surface area (Å²) < 4.78 is 5.33. The standard InChI is InChI=1S/C20H21N3O2S2/c1-25-17-6-3-2-5-15(17)20(24)23-10-8-22(9-11-23)13-19-21-16(14-27-19)18-7-4-12-26-18/h2-7,12,14H,8-11,13H2,1H3. The second-order valence-electron chi connectivity index (χ2n) is 6.37. The average Bonchev–Trinajstić information content (AvgIpc) is 3.40. The maximum absolute atomic E-state index is 12.8. The summed E-state index contributed by atoms with van der Waals surface area (Å²) in [5, 5.41) is 5.33. The average molecular weight is 400 g/mol. The first-order chi connectivity index (χ1) is 13.2. The molecule has 0 saturated carbocycles. The Morgan fingerprint density at radius 2 is 1.93 bits per heavy atom. The Labute approximate surface area is 166 Å². The maximum atomic E-state index is 12.8. The molecule has 7 heteroatoms. The molecule has 5 nitrogen and oxygen atoms in total. The van der Waals surface area contributed by atoms with E-state index in [-0.39, 0.29) is 5.91 Å². The van der Waals surface area contributed by atoms with Crippen LogP contribution < -0.4 is 4.74 Å². The highest BCUT2D eigenvalue weighted by Gasteiger charge is 2.24. The number of hydrogen-bond acceptors (Lipinski definition) is 6. The van der Waals surface area contributed by atoms with Crippen LogP contribution in [0.4, 0.5) is 0 Å². The van der Waals surface area contributed by atoms with Gasteiger partial charge in [0.15, 0.2) is 0 Å². The third-order valence-electron chi connectivity index (χ3n) is 4.68. The molecule has 0 atom stereocenters. The SMILES string of the molecule is COc1ccccc1C(=O)N1CCN(Cc2nc(-c3cccs3)cs2)CC1. The predicted octanol–water partition coefficient (Wildman–Crippen LogP) is 3.84. The number of hydrogen-bond donors (Lipinski definition) is 0. The quantitative estimate of drug-likeness (QED) is 0.654. The van der Waals surface area contributed by atoms with Crippen molar-refractivity contribution in [3.05, 3.63) is 57.7 Å². The molecule has 3 heterocycles. The molecule has 1 saturated heterocycles. The second kappa shape index (κ2) is 8.21. The van der Waals surface area contributed by atoms with Gasteiger partial charge in [-0.15, -0.1) is 22.7 Å². The van der Waals surface area contributed by atoms with Crippen LogP contribution in [0.15, 0.2) is 47.2 Å². The number of ether oxygens (including phenoxy) is 1. The summed E-state index contributed by atoms with van der Waals surface area (Å²) in [6.45, 7) is 4.00. The van der Waals surface area contributed by atoms with E-state index in [0.29, 0.717) is 11.3 Å². The minimum absolute atomic E-state index is 0.0429. The number of amides is 1. The summed E-state index contributed by atoms with van der Waals surface area (Å²) in [6.07, 6.45) is 0. The molecule has 2 aromatic heterocycles. The number of aromatic nitrogens is 1. The van der Waals surface area contributed by atoms with Crippen molar-refractivity contribution in [2.24, 2.45) is 0 Å². The lowest BCUT2D eigenvalue weighted by Crippen LogP contribution is -2.48. The van der Waals surface area contributed by atoms with Gasteiger partial charge < -0.3 is 9.64 Å². The number of benzene rings is 1. The van der Waals surface area contributed by atoms with Crippen molar-refractivity contribution in [2.45, 2.75) is 6.54 Å². The molecule has 3 aromatic rings. The van der Waals surface area contributed by atoms with Crippen LogP contribution in [-0.2, 0) is 6.54 Å². The summed E-state index contributed by atoms with van der Waals surface area (Å²) in [7, 11) is 1.60. The molecule has 27 heavy (non-hydrogen) atoms. The van der Waals surface area contributed by atoms with Gasteiger partial charge in [0, 0.05) is 31.6 Å². The highest BCUT2D eigenvalue weighted by Crippen LogP contribution is 2.27. The monoisotopic (exact) mass is 399 g/mol. The van der Waals surface area contributed by atoms with E-state index in [1.165, 1.54) is 4.88 Å².